The molecule has 1 aliphatic heterocycles. The Balaban J connectivity index is 1.56. The first kappa shape index (κ1) is 14.1. The second-order valence-corrected chi connectivity index (χ2v) is 6.67. The summed E-state index contributed by atoms with van der Waals surface area (Å²) >= 11 is 0. The average molecular weight is 272 g/mol. The van der Waals surface area contributed by atoms with Crippen LogP contribution in [0.2, 0.25) is 0 Å². The van der Waals surface area contributed by atoms with E-state index in [1.54, 1.807) is 0 Å². The fourth-order valence-electron chi connectivity index (χ4n) is 3.52. The highest BCUT2D eigenvalue weighted by Crippen LogP contribution is 2.28. The van der Waals surface area contributed by atoms with Gasteiger partial charge in [0.15, 0.2) is 0 Å². The van der Waals surface area contributed by atoms with Gasteiger partial charge in [0.1, 0.15) is 0 Å². The highest BCUT2D eigenvalue weighted by molar-refractivity contribution is 5.14. The lowest BCUT2D eigenvalue weighted by atomic mass is 9.84. The van der Waals surface area contributed by atoms with Crippen LogP contribution in [0.15, 0.2) is 30.3 Å². The van der Waals surface area contributed by atoms with E-state index >= 15 is 0 Å². The second-order valence-electron chi connectivity index (χ2n) is 6.67. The zero-order valence-electron chi connectivity index (χ0n) is 12.6. The van der Waals surface area contributed by atoms with Gasteiger partial charge in [0, 0.05) is 19.6 Å². The smallest absolute Gasteiger partial charge is 0.0233 e. The molecule has 1 heterocycles. The van der Waals surface area contributed by atoms with Crippen LogP contribution in [0.3, 0.4) is 0 Å². The third kappa shape index (κ3) is 4.07. The van der Waals surface area contributed by atoms with E-state index in [1.807, 2.05) is 0 Å². The summed E-state index contributed by atoms with van der Waals surface area (Å²) in [7, 11) is 0. The zero-order valence-corrected chi connectivity index (χ0v) is 12.6. The summed E-state index contributed by atoms with van der Waals surface area (Å²) < 4.78 is 0. The molecular weight excluding hydrogens is 244 g/mol. The number of rotatable bonds is 6. The monoisotopic (exact) mass is 272 g/mol. The number of nitrogens with one attached hydrogen (secondary N) is 1. The van der Waals surface area contributed by atoms with Gasteiger partial charge in [0.2, 0.25) is 0 Å². The number of hydrogen-bond acceptors (Lipinski definition) is 2. The molecule has 0 unspecified atom stereocenters. The SMILES string of the molecule is c1ccc(CN(CC2CCC2)CC2CCNCC2)cc1. The zero-order chi connectivity index (χ0) is 13.6. The molecule has 1 aromatic carbocycles. The maximum absolute atomic E-state index is 3.48. The first-order valence-electron chi connectivity index (χ1n) is 8.37. The van der Waals surface area contributed by atoms with Gasteiger partial charge in [-0.2, -0.15) is 0 Å². The summed E-state index contributed by atoms with van der Waals surface area (Å²) in [6.07, 6.45) is 7.08. The molecular formula is C18H28N2. The van der Waals surface area contributed by atoms with Gasteiger partial charge < -0.3 is 5.32 Å². The van der Waals surface area contributed by atoms with Crippen LogP contribution in [-0.4, -0.2) is 31.1 Å². The molecule has 0 aromatic heterocycles. The van der Waals surface area contributed by atoms with E-state index < -0.39 is 0 Å². The highest BCUT2D eigenvalue weighted by Gasteiger charge is 2.23. The summed E-state index contributed by atoms with van der Waals surface area (Å²) in [6, 6.07) is 11.0. The summed E-state index contributed by atoms with van der Waals surface area (Å²) in [4.78, 5) is 2.73. The molecule has 2 aliphatic rings. The molecule has 0 spiro atoms. The molecule has 1 saturated carbocycles. The van der Waals surface area contributed by atoms with Crippen molar-refractivity contribution in [2.24, 2.45) is 11.8 Å². The van der Waals surface area contributed by atoms with Crippen molar-refractivity contribution in [3.63, 3.8) is 0 Å². The van der Waals surface area contributed by atoms with Crippen LogP contribution >= 0.6 is 0 Å². The van der Waals surface area contributed by atoms with Gasteiger partial charge in [0.25, 0.3) is 0 Å². The molecule has 1 aliphatic carbocycles. The van der Waals surface area contributed by atoms with E-state index in [2.05, 4.69) is 40.5 Å². The van der Waals surface area contributed by atoms with E-state index in [4.69, 9.17) is 0 Å². The molecule has 2 fully saturated rings. The Kier molecular flexibility index (Phi) is 5.10. The van der Waals surface area contributed by atoms with Gasteiger partial charge in [-0.1, -0.05) is 36.8 Å². The van der Waals surface area contributed by atoms with Crippen molar-refractivity contribution < 1.29 is 0 Å². The van der Waals surface area contributed by atoms with Gasteiger partial charge in [-0.3, -0.25) is 4.90 Å². The second kappa shape index (κ2) is 7.24. The lowest BCUT2D eigenvalue weighted by Crippen LogP contribution is -2.39. The summed E-state index contributed by atoms with van der Waals surface area (Å²) in [5, 5.41) is 3.48. The van der Waals surface area contributed by atoms with E-state index in [9.17, 15) is 0 Å². The maximum Gasteiger partial charge on any atom is 0.0233 e. The van der Waals surface area contributed by atoms with Gasteiger partial charge >= 0.3 is 0 Å². The van der Waals surface area contributed by atoms with E-state index in [0.717, 1.165) is 18.4 Å². The van der Waals surface area contributed by atoms with Crippen molar-refractivity contribution in [2.45, 2.75) is 38.6 Å². The standard InChI is InChI=1S/C18H28N2/c1-2-5-16(6-3-1)13-20(14-17-7-4-8-17)15-18-9-11-19-12-10-18/h1-3,5-6,17-19H,4,7-15H2. The molecule has 0 bridgehead atoms. The summed E-state index contributed by atoms with van der Waals surface area (Å²) in [5.41, 5.74) is 1.47. The molecule has 0 radical (unpaired) electrons. The van der Waals surface area contributed by atoms with Crippen molar-refractivity contribution in [3.8, 4) is 0 Å². The lowest BCUT2D eigenvalue weighted by molar-refractivity contribution is 0.140. The predicted octanol–water partition coefficient (Wildman–Crippen LogP) is 3.29. The fourth-order valence-corrected chi connectivity index (χ4v) is 3.52. The molecule has 3 rings (SSSR count). The van der Waals surface area contributed by atoms with Gasteiger partial charge in [0.05, 0.1) is 0 Å². The fraction of sp³-hybridized carbons (Fsp3) is 0.667. The van der Waals surface area contributed by atoms with E-state index in [1.165, 1.54) is 63.8 Å². The molecule has 110 valence electrons. The Morgan fingerprint density at radius 3 is 2.15 bits per heavy atom. The minimum absolute atomic E-state index is 0.903. The maximum atomic E-state index is 3.48. The molecule has 1 saturated heterocycles. The van der Waals surface area contributed by atoms with Gasteiger partial charge in [-0.15, -0.1) is 0 Å². The molecule has 2 heteroatoms. The molecule has 0 atom stereocenters. The third-order valence-electron chi connectivity index (χ3n) is 4.97. The quantitative estimate of drug-likeness (QED) is 0.855. The summed E-state index contributed by atoms with van der Waals surface area (Å²) in [5.74, 6) is 1.88. The summed E-state index contributed by atoms with van der Waals surface area (Å²) in [6.45, 7) is 6.19. The van der Waals surface area contributed by atoms with Gasteiger partial charge in [-0.25, -0.2) is 0 Å². The van der Waals surface area contributed by atoms with Crippen molar-refractivity contribution in [2.75, 3.05) is 26.2 Å². The molecule has 2 nitrogen and oxygen atoms in total. The Morgan fingerprint density at radius 2 is 1.55 bits per heavy atom. The molecule has 1 N–H and O–H groups in total. The lowest BCUT2D eigenvalue weighted by Gasteiger charge is -2.35. The van der Waals surface area contributed by atoms with Crippen molar-refractivity contribution in [1.82, 2.24) is 10.2 Å². The topological polar surface area (TPSA) is 15.3 Å². The van der Waals surface area contributed by atoms with E-state index in [0.29, 0.717) is 0 Å². The minimum Gasteiger partial charge on any atom is -0.317 e. The van der Waals surface area contributed by atoms with Crippen LogP contribution in [-0.2, 0) is 6.54 Å². The third-order valence-corrected chi connectivity index (χ3v) is 4.97. The van der Waals surface area contributed by atoms with Gasteiger partial charge in [-0.05, 0) is 56.2 Å². The molecule has 0 amide bonds. The Labute approximate surface area is 123 Å². The largest absolute Gasteiger partial charge is 0.317 e. The first-order chi connectivity index (χ1) is 9.90. The highest BCUT2D eigenvalue weighted by atomic mass is 15.1. The average Bonchev–Trinajstić information content (AvgIpc) is 2.45. The van der Waals surface area contributed by atoms with Crippen LogP contribution < -0.4 is 5.32 Å². The number of piperidine rings is 1. The molecule has 1 aromatic rings. The van der Waals surface area contributed by atoms with Crippen LogP contribution in [0, 0.1) is 11.8 Å². The van der Waals surface area contributed by atoms with Crippen molar-refractivity contribution in [3.05, 3.63) is 35.9 Å². The minimum atomic E-state index is 0.903. The van der Waals surface area contributed by atoms with E-state index in [-0.39, 0.29) is 0 Å². The Hall–Kier alpha value is -0.860. The first-order valence-corrected chi connectivity index (χ1v) is 8.37. The normalized spacial score (nSPS) is 21.1. The number of benzene rings is 1. The number of nitrogens with zero attached hydrogens (tertiary/aromatic N) is 1. The molecule has 20 heavy (non-hydrogen) atoms. The van der Waals surface area contributed by atoms with Crippen molar-refractivity contribution >= 4 is 0 Å². The predicted molar refractivity (Wildman–Crippen MR) is 84.7 cm³/mol. The van der Waals surface area contributed by atoms with Crippen LogP contribution in [0.4, 0.5) is 0 Å². The van der Waals surface area contributed by atoms with Crippen molar-refractivity contribution in [1.29, 1.82) is 0 Å². The van der Waals surface area contributed by atoms with Crippen LogP contribution in [0.5, 0.6) is 0 Å². The number of hydrogen-bond donors (Lipinski definition) is 1. The Morgan fingerprint density at radius 1 is 0.900 bits per heavy atom. The van der Waals surface area contributed by atoms with Crippen LogP contribution in [0.1, 0.15) is 37.7 Å². The Bertz CT molecular complexity index is 380. The van der Waals surface area contributed by atoms with Crippen LogP contribution in [0.25, 0.3) is 0 Å².